The molecule has 130 valence electrons. The molecule has 3 N–H and O–H groups in total. The number of aliphatic hydroxyl groups excluding tert-OH is 1. The molecule has 1 aromatic rings. The van der Waals surface area contributed by atoms with Gasteiger partial charge in [-0.05, 0) is 31.0 Å². The fourth-order valence-electron chi connectivity index (χ4n) is 1.95. The van der Waals surface area contributed by atoms with Crippen LogP contribution in [0.25, 0.3) is 0 Å². The summed E-state index contributed by atoms with van der Waals surface area (Å²) in [5.74, 6) is 0.699. The van der Waals surface area contributed by atoms with Crippen LogP contribution in [0.4, 0.5) is 0 Å². The van der Waals surface area contributed by atoms with E-state index in [0.717, 1.165) is 18.5 Å². The van der Waals surface area contributed by atoms with Crippen molar-refractivity contribution in [2.75, 3.05) is 40.3 Å². The lowest BCUT2D eigenvalue weighted by Crippen LogP contribution is -2.38. The molecule has 0 radical (unpaired) electrons. The highest BCUT2D eigenvalue weighted by Crippen LogP contribution is 2.07. The Hall–Kier alpha value is -1.35. The molecule has 0 fully saturated rings. The van der Waals surface area contributed by atoms with Crippen LogP contribution in [0.3, 0.4) is 0 Å². The maximum absolute atomic E-state index is 11.9. The van der Waals surface area contributed by atoms with Gasteiger partial charge in [-0.1, -0.05) is 12.1 Å². The summed E-state index contributed by atoms with van der Waals surface area (Å²) in [6.07, 6.45) is 0.790. The molecule has 0 bridgehead atoms. The van der Waals surface area contributed by atoms with E-state index in [2.05, 4.69) is 15.6 Å². The number of hydrogen-bond donors (Lipinski definition) is 3. The number of aliphatic hydroxyl groups is 1. The normalized spacial score (nSPS) is 10.7. The summed E-state index contributed by atoms with van der Waals surface area (Å²) in [4.78, 5) is 17.7. The molecule has 0 saturated carbocycles. The average molecular weight is 434 g/mol. The monoisotopic (exact) mass is 434 g/mol. The van der Waals surface area contributed by atoms with Gasteiger partial charge in [-0.25, -0.2) is 0 Å². The smallest absolute Gasteiger partial charge is 0.253 e. The van der Waals surface area contributed by atoms with E-state index in [0.29, 0.717) is 24.6 Å². The van der Waals surface area contributed by atoms with E-state index >= 15 is 0 Å². The summed E-state index contributed by atoms with van der Waals surface area (Å²) in [5, 5.41) is 15.1. The number of halogens is 1. The number of nitrogens with one attached hydrogen (secondary N) is 2. The van der Waals surface area contributed by atoms with Crippen molar-refractivity contribution in [2.45, 2.75) is 13.3 Å². The van der Waals surface area contributed by atoms with Crippen LogP contribution < -0.4 is 10.6 Å². The maximum Gasteiger partial charge on any atom is 0.253 e. The summed E-state index contributed by atoms with van der Waals surface area (Å²) < 4.78 is 0. The maximum atomic E-state index is 11.9. The SMILES string of the molecule is CCNC(=NCCO)NCCc1cccc(C(=O)N(C)C)c1.I. The van der Waals surface area contributed by atoms with Gasteiger partial charge in [-0.3, -0.25) is 9.79 Å². The second-order valence-electron chi connectivity index (χ2n) is 5.06. The zero-order valence-corrected chi connectivity index (χ0v) is 16.3. The Morgan fingerprint density at radius 3 is 2.65 bits per heavy atom. The van der Waals surface area contributed by atoms with Gasteiger partial charge < -0.3 is 20.6 Å². The number of carbonyl (C=O) groups is 1. The van der Waals surface area contributed by atoms with Crippen LogP contribution in [0, 0.1) is 0 Å². The quantitative estimate of drug-likeness (QED) is 0.341. The van der Waals surface area contributed by atoms with Crippen molar-refractivity contribution in [1.82, 2.24) is 15.5 Å². The molecule has 6 nitrogen and oxygen atoms in total. The first-order chi connectivity index (χ1) is 10.6. The fraction of sp³-hybridized carbons (Fsp3) is 0.500. The lowest BCUT2D eigenvalue weighted by molar-refractivity contribution is 0.0827. The fourth-order valence-corrected chi connectivity index (χ4v) is 1.95. The van der Waals surface area contributed by atoms with Crippen LogP contribution in [0.2, 0.25) is 0 Å². The highest BCUT2D eigenvalue weighted by molar-refractivity contribution is 14.0. The van der Waals surface area contributed by atoms with Crippen molar-refractivity contribution in [1.29, 1.82) is 0 Å². The van der Waals surface area contributed by atoms with Crippen LogP contribution in [-0.4, -0.2) is 62.2 Å². The van der Waals surface area contributed by atoms with E-state index in [-0.39, 0.29) is 36.5 Å². The first-order valence-electron chi connectivity index (χ1n) is 7.52. The third-order valence-corrected chi connectivity index (χ3v) is 3.00. The predicted molar refractivity (Wildman–Crippen MR) is 105 cm³/mol. The van der Waals surface area contributed by atoms with E-state index in [1.807, 2.05) is 31.2 Å². The average Bonchev–Trinajstić information content (AvgIpc) is 2.52. The zero-order chi connectivity index (χ0) is 16.4. The van der Waals surface area contributed by atoms with Crippen LogP contribution in [-0.2, 0) is 6.42 Å². The molecule has 0 aliphatic heterocycles. The standard InChI is InChI=1S/C16H26N4O2.HI/c1-4-17-16(19-10-11-21)18-9-8-13-6-5-7-14(12-13)15(22)20(2)3;/h5-7,12,21H,4,8-11H2,1-3H3,(H2,17,18,19);1H. The highest BCUT2D eigenvalue weighted by atomic mass is 127. The zero-order valence-electron chi connectivity index (χ0n) is 14.0. The molecule has 1 amide bonds. The topological polar surface area (TPSA) is 77.0 Å². The summed E-state index contributed by atoms with van der Waals surface area (Å²) >= 11 is 0. The lowest BCUT2D eigenvalue weighted by Gasteiger charge is -2.13. The van der Waals surface area contributed by atoms with Crippen LogP contribution in [0.5, 0.6) is 0 Å². The van der Waals surface area contributed by atoms with Crippen LogP contribution in [0.15, 0.2) is 29.3 Å². The number of aliphatic imine (C=N–C) groups is 1. The van der Waals surface area contributed by atoms with E-state index in [1.54, 1.807) is 19.0 Å². The Bertz CT molecular complexity index is 507. The Balaban J connectivity index is 0.00000484. The van der Waals surface area contributed by atoms with Gasteiger partial charge in [0.05, 0.1) is 13.2 Å². The molecule has 0 saturated heterocycles. The third-order valence-electron chi connectivity index (χ3n) is 3.00. The summed E-state index contributed by atoms with van der Waals surface area (Å²) in [6.45, 7) is 3.88. The number of rotatable bonds is 7. The molecule has 0 aliphatic carbocycles. The molecule has 0 spiro atoms. The lowest BCUT2D eigenvalue weighted by atomic mass is 10.1. The number of carbonyl (C=O) groups excluding carboxylic acids is 1. The number of hydrogen-bond acceptors (Lipinski definition) is 3. The molecule has 1 rings (SSSR count). The van der Waals surface area contributed by atoms with Crippen LogP contribution in [0.1, 0.15) is 22.8 Å². The molecule has 23 heavy (non-hydrogen) atoms. The molecule has 0 heterocycles. The number of amides is 1. The molecule has 0 unspecified atom stereocenters. The molecular formula is C16H27IN4O2. The van der Waals surface area contributed by atoms with Gasteiger partial charge in [-0.15, -0.1) is 24.0 Å². The Morgan fingerprint density at radius 1 is 1.30 bits per heavy atom. The van der Waals surface area contributed by atoms with Gasteiger partial charge in [0.1, 0.15) is 0 Å². The minimum atomic E-state index is 0. The summed E-state index contributed by atoms with van der Waals surface area (Å²) in [5.41, 5.74) is 1.79. The second kappa shape index (κ2) is 12.1. The number of guanidine groups is 1. The molecule has 0 atom stereocenters. The first kappa shape index (κ1) is 21.6. The van der Waals surface area contributed by atoms with Gasteiger partial charge in [0.15, 0.2) is 5.96 Å². The minimum Gasteiger partial charge on any atom is -0.394 e. The second-order valence-corrected chi connectivity index (χ2v) is 5.06. The number of benzene rings is 1. The van der Waals surface area contributed by atoms with Gasteiger partial charge in [-0.2, -0.15) is 0 Å². The largest absolute Gasteiger partial charge is 0.394 e. The summed E-state index contributed by atoms with van der Waals surface area (Å²) in [6, 6.07) is 7.65. The van der Waals surface area contributed by atoms with E-state index in [1.165, 1.54) is 0 Å². The van der Waals surface area contributed by atoms with Crippen molar-refractivity contribution < 1.29 is 9.90 Å². The minimum absolute atomic E-state index is 0. The van der Waals surface area contributed by atoms with Gasteiger partial charge in [0.25, 0.3) is 5.91 Å². The summed E-state index contributed by atoms with van der Waals surface area (Å²) in [7, 11) is 3.49. The molecule has 1 aromatic carbocycles. The predicted octanol–water partition coefficient (Wildman–Crippen LogP) is 1.10. The van der Waals surface area contributed by atoms with Crippen molar-refractivity contribution in [3.63, 3.8) is 0 Å². The Kier molecular flexibility index (Phi) is 11.4. The van der Waals surface area contributed by atoms with Gasteiger partial charge >= 0.3 is 0 Å². The van der Waals surface area contributed by atoms with Crippen molar-refractivity contribution in [2.24, 2.45) is 4.99 Å². The first-order valence-corrected chi connectivity index (χ1v) is 7.52. The van der Waals surface area contributed by atoms with Crippen molar-refractivity contribution >= 4 is 35.8 Å². The molecule has 7 heteroatoms. The van der Waals surface area contributed by atoms with E-state index < -0.39 is 0 Å². The third kappa shape index (κ3) is 8.17. The highest BCUT2D eigenvalue weighted by Gasteiger charge is 2.08. The van der Waals surface area contributed by atoms with E-state index in [9.17, 15) is 4.79 Å². The number of nitrogens with zero attached hydrogens (tertiary/aromatic N) is 2. The van der Waals surface area contributed by atoms with Gasteiger partial charge in [0.2, 0.25) is 0 Å². The van der Waals surface area contributed by atoms with Crippen molar-refractivity contribution in [3.8, 4) is 0 Å². The van der Waals surface area contributed by atoms with Crippen LogP contribution >= 0.6 is 24.0 Å². The van der Waals surface area contributed by atoms with Gasteiger partial charge in [0, 0.05) is 32.7 Å². The molecule has 0 aromatic heterocycles. The Labute approximate surface area is 155 Å². The van der Waals surface area contributed by atoms with Crippen molar-refractivity contribution in [3.05, 3.63) is 35.4 Å². The molecule has 0 aliphatic rings. The molecular weight excluding hydrogens is 407 g/mol. The van der Waals surface area contributed by atoms with E-state index in [4.69, 9.17) is 5.11 Å². The Morgan fingerprint density at radius 2 is 2.04 bits per heavy atom.